The van der Waals surface area contributed by atoms with Gasteiger partial charge < -0.3 is 14.8 Å². The van der Waals surface area contributed by atoms with Gasteiger partial charge in [0.2, 0.25) is 0 Å². The summed E-state index contributed by atoms with van der Waals surface area (Å²) in [4.78, 5) is 26.3. The van der Waals surface area contributed by atoms with Gasteiger partial charge in [0.15, 0.2) is 6.10 Å². The Balaban J connectivity index is 1.55. The lowest BCUT2D eigenvalue weighted by molar-refractivity contribution is -0.123. The molecule has 5 nitrogen and oxygen atoms in total. The van der Waals surface area contributed by atoms with Crippen molar-refractivity contribution in [3.63, 3.8) is 0 Å². The van der Waals surface area contributed by atoms with E-state index in [0.29, 0.717) is 17.2 Å². The molecule has 0 spiro atoms. The molecule has 1 N–H and O–H groups in total. The van der Waals surface area contributed by atoms with Crippen LogP contribution in [0.3, 0.4) is 0 Å². The number of carbonyl (C=O) groups is 2. The molecule has 1 aliphatic carbocycles. The van der Waals surface area contributed by atoms with Crippen LogP contribution in [0.5, 0.6) is 5.75 Å². The number of aryl methyl sites for hydroxylation is 2. The monoisotopic (exact) mass is 359 g/mol. The van der Waals surface area contributed by atoms with Crippen molar-refractivity contribution in [1.82, 2.24) is 0 Å². The van der Waals surface area contributed by atoms with Crippen molar-refractivity contribution >= 4 is 28.9 Å². The van der Waals surface area contributed by atoms with E-state index in [0.717, 1.165) is 25.0 Å². The maximum atomic E-state index is 12.2. The molecule has 0 radical (unpaired) electrons. The summed E-state index contributed by atoms with van der Waals surface area (Å²) in [6.45, 7) is 4.07. The molecule has 1 atom stereocenters. The first-order valence-electron chi connectivity index (χ1n) is 8.43. The number of fused-ring (bicyclic) bond motifs is 1. The van der Waals surface area contributed by atoms with Gasteiger partial charge in [-0.2, -0.15) is 0 Å². The topological polar surface area (TPSA) is 64.6 Å². The largest absolute Gasteiger partial charge is 0.494 e. The van der Waals surface area contributed by atoms with Crippen LogP contribution in [-0.4, -0.2) is 24.6 Å². The molecule has 1 amide bonds. The van der Waals surface area contributed by atoms with Gasteiger partial charge in [0.25, 0.3) is 5.91 Å². The van der Waals surface area contributed by atoms with Gasteiger partial charge in [-0.05, 0) is 69.0 Å². The van der Waals surface area contributed by atoms with Gasteiger partial charge in [-0.25, -0.2) is 4.79 Å². The Morgan fingerprint density at radius 2 is 2.00 bits per heavy atom. The summed E-state index contributed by atoms with van der Waals surface area (Å²) >= 11 is 1.47. The summed E-state index contributed by atoms with van der Waals surface area (Å²) in [7, 11) is 0. The summed E-state index contributed by atoms with van der Waals surface area (Å²) in [6, 6.07) is 8.96. The van der Waals surface area contributed by atoms with E-state index in [1.165, 1.54) is 21.8 Å². The number of thiophene rings is 1. The summed E-state index contributed by atoms with van der Waals surface area (Å²) in [5.41, 5.74) is 1.87. The second-order valence-electron chi connectivity index (χ2n) is 5.91. The number of ether oxygens (including phenoxy) is 2. The number of carbonyl (C=O) groups excluding carboxylic acids is 2. The van der Waals surface area contributed by atoms with E-state index >= 15 is 0 Å². The predicted octanol–water partition coefficient (Wildman–Crippen LogP) is 3.82. The molecule has 2 aromatic rings. The van der Waals surface area contributed by atoms with Crippen molar-refractivity contribution in [2.75, 3.05) is 11.9 Å². The standard InChI is InChI=1S/C19H21NO4S/c1-3-23-15-9-7-14(8-10-15)20-18(21)12(2)24-19(22)17-11-13-5-4-6-16(13)25-17/h7-12H,3-6H2,1-2H3,(H,20,21)/t12-/m1/s1. The molecular formula is C19H21NO4S. The SMILES string of the molecule is CCOc1ccc(NC(=O)[C@@H](C)OC(=O)c2cc3c(s2)CCC3)cc1. The van der Waals surface area contributed by atoms with Gasteiger partial charge >= 0.3 is 5.97 Å². The van der Waals surface area contributed by atoms with Crippen LogP contribution in [0.2, 0.25) is 0 Å². The highest BCUT2D eigenvalue weighted by Gasteiger charge is 2.23. The van der Waals surface area contributed by atoms with Crippen molar-refractivity contribution < 1.29 is 19.1 Å². The van der Waals surface area contributed by atoms with Crippen molar-refractivity contribution in [3.8, 4) is 5.75 Å². The van der Waals surface area contributed by atoms with E-state index in [-0.39, 0.29) is 5.91 Å². The third-order valence-electron chi connectivity index (χ3n) is 4.03. The Kier molecular flexibility index (Phi) is 5.38. The zero-order chi connectivity index (χ0) is 17.8. The highest BCUT2D eigenvalue weighted by molar-refractivity contribution is 7.14. The maximum Gasteiger partial charge on any atom is 0.349 e. The van der Waals surface area contributed by atoms with Gasteiger partial charge in [0, 0.05) is 10.6 Å². The maximum absolute atomic E-state index is 12.2. The molecule has 1 aliphatic rings. The minimum absolute atomic E-state index is 0.360. The lowest BCUT2D eigenvalue weighted by atomic mass is 10.2. The summed E-state index contributed by atoms with van der Waals surface area (Å²) < 4.78 is 10.7. The fourth-order valence-corrected chi connectivity index (χ4v) is 3.88. The van der Waals surface area contributed by atoms with Crippen LogP contribution in [0.15, 0.2) is 30.3 Å². The van der Waals surface area contributed by atoms with E-state index in [1.54, 1.807) is 31.2 Å². The number of hydrogen-bond acceptors (Lipinski definition) is 5. The van der Waals surface area contributed by atoms with Gasteiger partial charge in [-0.1, -0.05) is 0 Å². The molecular weight excluding hydrogens is 338 g/mol. The second kappa shape index (κ2) is 7.70. The molecule has 0 bridgehead atoms. The lowest BCUT2D eigenvalue weighted by Crippen LogP contribution is -2.29. The van der Waals surface area contributed by atoms with Gasteiger partial charge in [-0.3, -0.25) is 4.79 Å². The minimum atomic E-state index is -0.865. The third-order valence-corrected chi connectivity index (χ3v) is 5.25. The Morgan fingerprint density at radius 1 is 1.24 bits per heavy atom. The third kappa shape index (κ3) is 4.20. The van der Waals surface area contributed by atoms with E-state index in [4.69, 9.17) is 9.47 Å². The first kappa shape index (κ1) is 17.5. The average Bonchev–Trinajstić information content (AvgIpc) is 3.18. The summed E-state index contributed by atoms with van der Waals surface area (Å²) in [5, 5.41) is 2.74. The van der Waals surface area contributed by atoms with E-state index in [9.17, 15) is 9.59 Å². The number of amides is 1. The number of rotatable bonds is 6. The predicted molar refractivity (Wildman–Crippen MR) is 97.5 cm³/mol. The molecule has 6 heteroatoms. The van der Waals surface area contributed by atoms with E-state index < -0.39 is 12.1 Å². The zero-order valence-electron chi connectivity index (χ0n) is 14.3. The fourth-order valence-electron chi connectivity index (χ4n) is 2.75. The Hall–Kier alpha value is -2.34. The average molecular weight is 359 g/mol. The smallest absolute Gasteiger partial charge is 0.349 e. The molecule has 3 rings (SSSR count). The zero-order valence-corrected chi connectivity index (χ0v) is 15.2. The van der Waals surface area contributed by atoms with Crippen LogP contribution in [0.1, 0.15) is 40.4 Å². The quantitative estimate of drug-likeness (QED) is 0.797. The van der Waals surface area contributed by atoms with Crippen LogP contribution in [0, 0.1) is 0 Å². The van der Waals surface area contributed by atoms with Crippen molar-refractivity contribution in [2.24, 2.45) is 0 Å². The molecule has 0 saturated carbocycles. The van der Waals surface area contributed by atoms with Crippen LogP contribution in [-0.2, 0) is 22.4 Å². The lowest BCUT2D eigenvalue weighted by Gasteiger charge is -2.13. The van der Waals surface area contributed by atoms with E-state index in [1.807, 2.05) is 13.0 Å². The highest BCUT2D eigenvalue weighted by Crippen LogP contribution is 2.31. The molecule has 0 fully saturated rings. The van der Waals surface area contributed by atoms with Crippen molar-refractivity contribution in [1.29, 1.82) is 0 Å². The number of nitrogens with one attached hydrogen (secondary N) is 1. The first-order chi connectivity index (χ1) is 12.1. The van der Waals surface area contributed by atoms with E-state index in [2.05, 4.69) is 5.32 Å². The molecule has 0 saturated heterocycles. The molecule has 132 valence electrons. The first-order valence-corrected chi connectivity index (χ1v) is 9.24. The van der Waals surface area contributed by atoms with Crippen LogP contribution < -0.4 is 10.1 Å². The van der Waals surface area contributed by atoms with Crippen LogP contribution in [0.25, 0.3) is 0 Å². The van der Waals surface area contributed by atoms with Crippen LogP contribution >= 0.6 is 11.3 Å². The molecule has 0 aliphatic heterocycles. The molecule has 25 heavy (non-hydrogen) atoms. The molecule has 1 heterocycles. The number of anilines is 1. The molecule has 1 aromatic carbocycles. The number of hydrogen-bond donors (Lipinski definition) is 1. The van der Waals surface area contributed by atoms with Gasteiger partial charge in [0.05, 0.1) is 6.61 Å². The van der Waals surface area contributed by atoms with Crippen LogP contribution in [0.4, 0.5) is 5.69 Å². The van der Waals surface area contributed by atoms with Gasteiger partial charge in [-0.15, -0.1) is 11.3 Å². The highest BCUT2D eigenvalue weighted by atomic mass is 32.1. The normalized spacial score (nSPS) is 13.8. The van der Waals surface area contributed by atoms with Gasteiger partial charge in [0.1, 0.15) is 10.6 Å². The second-order valence-corrected chi connectivity index (χ2v) is 7.04. The Bertz CT molecular complexity index is 745. The summed E-state index contributed by atoms with van der Waals surface area (Å²) in [5.74, 6) is -0.0546. The Labute approximate surface area is 151 Å². The van der Waals surface area contributed by atoms with Crippen molar-refractivity contribution in [3.05, 3.63) is 45.6 Å². The summed E-state index contributed by atoms with van der Waals surface area (Å²) in [6.07, 6.45) is 2.33. The fraction of sp³-hybridized carbons (Fsp3) is 0.368. The minimum Gasteiger partial charge on any atom is -0.494 e. The number of esters is 1. The number of benzene rings is 1. The Morgan fingerprint density at radius 3 is 2.68 bits per heavy atom. The van der Waals surface area contributed by atoms with Crippen molar-refractivity contribution in [2.45, 2.75) is 39.2 Å². The molecule has 0 unspecified atom stereocenters. The molecule has 1 aromatic heterocycles.